The highest BCUT2D eigenvalue weighted by Gasteiger charge is 2.08. The summed E-state index contributed by atoms with van der Waals surface area (Å²) < 4.78 is 7.50. The lowest BCUT2D eigenvalue weighted by Gasteiger charge is -2.11. The Bertz CT molecular complexity index is 532. The quantitative estimate of drug-likeness (QED) is 0.543. The first kappa shape index (κ1) is 13.5. The van der Waals surface area contributed by atoms with Crippen molar-refractivity contribution in [3.63, 3.8) is 0 Å². The van der Waals surface area contributed by atoms with Crippen molar-refractivity contribution >= 4 is 44.8 Å². The zero-order valence-corrected chi connectivity index (χ0v) is 13.1. The Morgan fingerprint density at radius 3 is 2.56 bits per heavy atom. The molecule has 0 unspecified atom stereocenters. The number of benzene rings is 2. The van der Waals surface area contributed by atoms with Gasteiger partial charge in [0.1, 0.15) is 18.6 Å². The molecular weight excluding hydrogens is 407 g/mol. The van der Waals surface area contributed by atoms with E-state index in [1.54, 1.807) is 12.1 Å². The lowest BCUT2D eigenvalue weighted by molar-refractivity contribution is 0.112. The highest BCUT2D eigenvalue weighted by Crippen LogP contribution is 2.32. The molecule has 0 N–H and O–H groups in total. The molecule has 2 aromatic rings. The molecule has 2 rings (SSSR count). The monoisotopic (exact) mass is 416 g/mol. The van der Waals surface area contributed by atoms with Crippen LogP contribution >= 0.6 is 38.5 Å². The predicted octanol–water partition coefficient (Wildman–Crippen LogP) is 4.45. The van der Waals surface area contributed by atoms with E-state index < -0.39 is 0 Å². The zero-order chi connectivity index (χ0) is 13.0. The third-order valence-corrected chi connectivity index (χ3v) is 3.77. The summed E-state index contributed by atoms with van der Waals surface area (Å²) in [5.74, 6) is 0.769. The number of hydrogen-bond acceptors (Lipinski definition) is 2. The number of carbonyl (C=O) groups is 1. The van der Waals surface area contributed by atoms with Crippen LogP contribution in [-0.2, 0) is 6.61 Å². The number of aldehydes is 1. The summed E-state index contributed by atoms with van der Waals surface area (Å²) >= 11 is 5.59. The van der Waals surface area contributed by atoms with Crippen LogP contribution < -0.4 is 4.74 Å². The first-order valence-corrected chi connectivity index (χ1v) is 7.19. The fraction of sp³-hybridized carbons (Fsp3) is 0.0714. The summed E-state index contributed by atoms with van der Waals surface area (Å²) in [5.41, 5.74) is 1.75. The second-order valence-electron chi connectivity index (χ2n) is 3.71. The Balaban J connectivity index is 2.17. The third-order valence-electron chi connectivity index (χ3n) is 2.38. The van der Waals surface area contributed by atoms with E-state index in [0.717, 1.165) is 25.6 Å². The molecule has 0 saturated heterocycles. The highest BCUT2D eigenvalue weighted by molar-refractivity contribution is 14.1. The van der Waals surface area contributed by atoms with Crippen LogP contribution in [0, 0.1) is 3.57 Å². The van der Waals surface area contributed by atoms with Crippen LogP contribution in [0.4, 0.5) is 0 Å². The summed E-state index contributed by atoms with van der Waals surface area (Å²) in [7, 11) is 0. The molecule has 0 aliphatic rings. The van der Waals surface area contributed by atoms with Crippen molar-refractivity contribution in [3.05, 3.63) is 61.6 Å². The summed E-state index contributed by atoms with van der Waals surface area (Å²) in [6, 6.07) is 13.5. The van der Waals surface area contributed by atoms with Crippen LogP contribution in [-0.4, -0.2) is 6.29 Å². The van der Waals surface area contributed by atoms with E-state index in [0.29, 0.717) is 12.2 Å². The molecule has 18 heavy (non-hydrogen) atoms. The molecule has 0 aliphatic heterocycles. The van der Waals surface area contributed by atoms with Gasteiger partial charge in [0.15, 0.2) is 0 Å². The number of halogens is 2. The van der Waals surface area contributed by atoms with Crippen LogP contribution in [0.25, 0.3) is 0 Å². The van der Waals surface area contributed by atoms with Gasteiger partial charge in [-0.3, -0.25) is 4.79 Å². The molecule has 2 nitrogen and oxygen atoms in total. The number of ether oxygens (including phenoxy) is 1. The second kappa shape index (κ2) is 6.33. The molecule has 92 valence electrons. The molecule has 4 heteroatoms. The van der Waals surface area contributed by atoms with Crippen LogP contribution in [0.5, 0.6) is 5.75 Å². The van der Waals surface area contributed by atoms with Crippen molar-refractivity contribution in [2.45, 2.75) is 6.61 Å². The minimum absolute atomic E-state index is 0.510. The average molecular weight is 417 g/mol. The molecule has 0 spiro atoms. The van der Waals surface area contributed by atoms with E-state index in [4.69, 9.17) is 4.74 Å². The van der Waals surface area contributed by atoms with Crippen molar-refractivity contribution in [3.8, 4) is 5.75 Å². The Morgan fingerprint density at radius 2 is 1.94 bits per heavy atom. The van der Waals surface area contributed by atoms with E-state index >= 15 is 0 Å². The summed E-state index contributed by atoms with van der Waals surface area (Å²) in [5, 5.41) is 0. The Morgan fingerprint density at radius 1 is 1.22 bits per heavy atom. The molecule has 0 fully saturated rings. The minimum Gasteiger partial charge on any atom is -0.487 e. The SMILES string of the molecule is O=Cc1cc(Br)c(OCc2ccccc2)c(I)c1. The minimum atomic E-state index is 0.510. The summed E-state index contributed by atoms with van der Waals surface area (Å²) in [6.07, 6.45) is 0.827. The lowest BCUT2D eigenvalue weighted by Crippen LogP contribution is -1.98. The molecule has 0 atom stereocenters. The van der Waals surface area contributed by atoms with Crippen molar-refractivity contribution in [1.29, 1.82) is 0 Å². The third kappa shape index (κ3) is 3.32. The maximum Gasteiger partial charge on any atom is 0.150 e. The smallest absolute Gasteiger partial charge is 0.150 e. The normalized spacial score (nSPS) is 10.1. The van der Waals surface area contributed by atoms with Gasteiger partial charge in [-0.25, -0.2) is 0 Å². The predicted molar refractivity (Wildman–Crippen MR) is 83.0 cm³/mol. The maximum absolute atomic E-state index is 10.7. The van der Waals surface area contributed by atoms with Crippen molar-refractivity contribution in [2.24, 2.45) is 0 Å². The first-order valence-electron chi connectivity index (χ1n) is 5.31. The van der Waals surface area contributed by atoms with E-state index in [1.165, 1.54) is 0 Å². The molecule has 2 aromatic carbocycles. The largest absolute Gasteiger partial charge is 0.487 e. The van der Waals surface area contributed by atoms with Crippen LogP contribution in [0.3, 0.4) is 0 Å². The van der Waals surface area contributed by atoms with Crippen LogP contribution in [0.1, 0.15) is 15.9 Å². The zero-order valence-electron chi connectivity index (χ0n) is 9.40. The van der Waals surface area contributed by atoms with E-state index in [1.807, 2.05) is 30.3 Å². The fourth-order valence-corrected chi connectivity index (χ4v) is 3.28. The van der Waals surface area contributed by atoms with Gasteiger partial charge in [0.25, 0.3) is 0 Å². The van der Waals surface area contributed by atoms with Gasteiger partial charge in [-0.1, -0.05) is 30.3 Å². The maximum atomic E-state index is 10.7. The van der Waals surface area contributed by atoms with Gasteiger partial charge in [0.05, 0.1) is 8.04 Å². The molecular formula is C14H10BrIO2. The molecule has 0 radical (unpaired) electrons. The van der Waals surface area contributed by atoms with Gasteiger partial charge >= 0.3 is 0 Å². The molecule has 0 bridgehead atoms. The average Bonchev–Trinajstić information content (AvgIpc) is 2.38. The fourth-order valence-electron chi connectivity index (χ4n) is 1.52. The number of rotatable bonds is 4. The Kier molecular flexibility index (Phi) is 4.77. The van der Waals surface area contributed by atoms with Crippen molar-refractivity contribution in [2.75, 3.05) is 0 Å². The van der Waals surface area contributed by atoms with Gasteiger partial charge in [-0.15, -0.1) is 0 Å². The van der Waals surface area contributed by atoms with Crippen molar-refractivity contribution < 1.29 is 9.53 Å². The Hall–Kier alpha value is -0.880. The Labute approximate surface area is 128 Å². The topological polar surface area (TPSA) is 26.3 Å². The van der Waals surface area contributed by atoms with Crippen LogP contribution in [0.15, 0.2) is 46.9 Å². The molecule has 0 amide bonds. The van der Waals surface area contributed by atoms with E-state index in [9.17, 15) is 4.79 Å². The summed E-state index contributed by atoms with van der Waals surface area (Å²) in [6.45, 7) is 0.510. The molecule has 0 heterocycles. The first-order chi connectivity index (χ1) is 8.70. The van der Waals surface area contributed by atoms with Gasteiger partial charge in [0.2, 0.25) is 0 Å². The van der Waals surface area contributed by atoms with E-state index in [-0.39, 0.29) is 0 Å². The van der Waals surface area contributed by atoms with Gasteiger partial charge in [-0.2, -0.15) is 0 Å². The standard InChI is InChI=1S/C14H10BrIO2/c15-12-6-11(8-17)7-13(16)14(12)18-9-10-4-2-1-3-5-10/h1-8H,9H2. The summed E-state index contributed by atoms with van der Waals surface area (Å²) in [4.78, 5) is 10.7. The molecule has 0 aromatic heterocycles. The second-order valence-corrected chi connectivity index (χ2v) is 5.72. The van der Waals surface area contributed by atoms with Gasteiger partial charge in [0, 0.05) is 5.56 Å². The van der Waals surface area contributed by atoms with Gasteiger partial charge < -0.3 is 4.74 Å². The van der Waals surface area contributed by atoms with Gasteiger partial charge in [-0.05, 0) is 56.2 Å². The molecule has 0 saturated carbocycles. The highest BCUT2D eigenvalue weighted by atomic mass is 127. The lowest BCUT2D eigenvalue weighted by atomic mass is 10.2. The molecule has 0 aliphatic carbocycles. The van der Waals surface area contributed by atoms with E-state index in [2.05, 4.69) is 38.5 Å². The van der Waals surface area contributed by atoms with Crippen molar-refractivity contribution in [1.82, 2.24) is 0 Å². The number of hydrogen-bond donors (Lipinski definition) is 0. The van der Waals surface area contributed by atoms with Crippen LogP contribution in [0.2, 0.25) is 0 Å². The number of carbonyl (C=O) groups excluding carboxylic acids is 1.